The molecule has 7 heteroatoms. The number of carboxylic acids is 1. The number of amides is 1. The Hall–Kier alpha value is -2.41. The molecule has 1 amide bonds. The zero-order valence-corrected chi connectivity index (χ0v) is 14.4. The highest BCUT2D eigenvalue weighted by Gasteiger charge is 2.12. The number of hydrogen-bond acceptors (Lipinski definition) is 4. The first kappa shape index (κ1) is 18.6. The lowest BCUT2D eigenvalue weighted by Gasteiger charge is -2.05. The molecule has 0 radical (unpaired) electrons. The molecule has 0 unspecified atom stereocenters. The van der Waals surface area contributed by atoms with Crippen molar-refractivity contribution in [1.82, 2.24) is 9.88 Å². The van der Waals surface area contributed by atoms with E-state index < -0.39 is 5.97 Å². The molecule has 2 rings (SSSR count). The van der Waals surface area contributed by atoms with Gasteiger partial charge < -0.3 is 15.0 Å². The van der Waals surface area contributed by atoms with Gasteiger partial charge in [-0.05, 0) is 31.5 Å². The Bertz CT molecular complexity index is 747. The molecule has 0 aromatic carbocycles. The second kappa shape index (κ2) is 8.28. The number of hydrogen-bond donors (Lipinski definition) is 2. The normalized spacial score (nSPS) is 9.74. The number of nitrogens with zero attached hydrogens (tertiary/aromatic N) is 1. The molecule has 0 bridgehead atoms. The molecule has 2 aromatic heterocycles. The van der Waals surface area contributed by atoms with Gasteiger partial charge in [-0.1, -0.05) is 6.92 Å². The van der Waals surface area contributed by atoms with E-state index in [0.717, 1.165) is 22.5 Å². The standard InChI is InChI=1S/C13H13NO3S.C3H7NO/c1-3-8-6-9(7(2)14-12(8)15)10-4-5-11(18-10)13(16)17;1-4(2)3-5/h4-6H,3H2,1-2H3,(H,14,15)(H,16,17);3H,1-2H3. The van der Waals surface area contributed by atoms with Gasteiger partial charge in [0.15, 0.2) is 0 Å². The summed E-state index contributed by atoms with van der Waals surface area (Å²) in [6, 6.07) is 5.19. The number of aromatic carboxylic acids is 1. The maximum Gasteiger partial charge on any atom is 0.345 e. The number of pyridine rings is 1. The highest BCUT2D eigenvalue weighted by atomic mass is 32.1. The molecule has 124 valence electrons. The Morgan fingerprint density at radius 2 is 2.00 bits per heavy atom. The zero-order chi connectivity index (χ0) is 17.6. The van der Waals surface area contributed by atoms with E-state index in [1.165, 1.54) is 16.2 Å². The van der Waals surface area contributed by atoms with Crippen LogP contribution in [0, 0.1) is 6.92 Å². The summed E-state index contributed by atoms with van der Waals surface area (Å²) in [5.41, 5.74) is 2.29. The van der Waals surface area contributed by atoms with Crippen LogP contribution in [0.25, 0.3) is 10.4 Å². The summed E-state index contributed by atoms with van der Waals surface area (Å²) in [6.07, 6.45) is 1.40. The molecule has 2 N–H and O–H groups in total. The molecule has 2 aromatic rings. The van der Waals surface area contributed by atoms with Crippen LogP contribution in [0.3, 0.4) is 0 Å². The van der Waals surface area contributed by atoms with Crippen molar-refractivity contribution in [2.75, 3.05) is 14.1 Å². The zero-order valence-electron chi connectivity index (χ0n) is 13.5. The smallest absolute Gasteiger partial charge is 0.345 e. The first-order chi connectivity index (χ1) is 10.8. The van der Waals surface area contributed by atoms with Crippen molar-refractivity contribution in [2.24, 2.45) is 0 Å². The lowest BCUT2D eigenvalue weighted by Crippen LogP contribution is -2.13. The van der Waals surface area contributed by atoms with Gasteiger partial charge in [-0.25, -0.2) is 4.79 Å². The molecule has 23 heavy (non-hydrogen) atoms. The van der Waals surface area contributed by atoms with E-state index in [2.05, 4.69) is 4.98 Å². The minimum atomic E-state index is -0.927. The number of aromatic amines is 1. The largest absolute Gasteiger partial charge is 0.477 e. The number of thiophene rings is 1. The van der Waals surface area contributed by atoms with Crippen molar-refractivity contribution < 1.29 is 14.7 Å². The van der Waals surface area contributed by atoms with E-state index in [9.17, 15) is 14.4 Å². The molecular formula is C16H20N2O4S. The van der Waals surface area contributed by atoms with E-state index in [1.54, 1.807) is 26.2 Å². The number of carbonyl (C=O) groups excluding carboxylic acids is 1. The SMILES string of the molecule is CCc1cc(-c2ccc(C(=O)O)s2)c(C)[nH]c1=O.CN(C)C=O. The van der Waals surface area contributed by atoms with E-state index in [4.69, 9.17) is 5.11 Å². The molecule has 6 nitrogen and oxygen atoms in total. The average molecular weight is 336 g/mol. The van der Waals surface area contributed by atoms with Gasteiger partial charge >= 0.3 is 5.97 Å². The monoisotopic (exact) mass is 336 g/mol. The van der Waals surface area contributed by atoms with Gasteiger partial charge in [-0.2, -0.15) is 0 Å². The third kappa shape index (κ3) is 5.07. The number of rotatable bonds is 4. The second-order valence-electron chi connectivity index (χ2n) is 5.05. The summed E-state index contributed by atoms with van der Waals surface area (Å²) in [5, 5.41) is 8.91. The summed E-state index contributed by atoms with van der Waals surface area (Å²) in [5.74, 6) is -0.927. The lowest BCUT2D eigenvalue weighted by molar-refractivity contribution is -0.115. The van der Waals surface area contributed by atoms with Crippen LogP contribution in [0.15, 0.2) is 23.0 Å². The maximum absolute atomic E-state index is 11.6. The van der Waals surface area contributed by atoms with Gasteiger partial charge in [0.25, 0.3) is 5.56 Å². The van der Waals surface area contributed by atoms with Crippen LogP contribution in [0.5, 0.6) is 0 Å². The molecule has 0 aliphatic carbocycles. The van der Waals surface area contributed by atoms with Gasteiger partial charge in [0.2, 0.25) is 6.41 Å². The predicted octanol–water partition coefficient (Wildman–Crippen LogP) is 2.38. The first-order valence-electron chi connectivity index (χ1n) is 6.98. The number of nitrogens with one attached hydrogen (secondary N) is 1. The van der Waals surface area contributed by atoms with Crippen LogP contribution in [-0.4, -0.2) is 41.5 Å². The van der Waals surface area contributed by atoms with Gasteiger partial charge in [0.1, 0.15) is 4.88 Å². The van der Waals surface area contributed by atoms with Crippen molar-refractivity contribution in [3.63, 3.8) is 0 Å². The highest BCUT2D eigenvalue weighted by Crippen LogP contribution is 2.29. The second-order valence-corrected chi connectivity index (χ2v) is 6.14. The Morgan fingerprint density at radius 3 is 2.43 bits per heavy atom. The molecule has 0 fully saturated rings. The van der Waals surface area contributed by atoms with Crippen LogP contribution in [0.2, 0.25) is 0 Å². The molecule has 0 saturated heterocycles. The van der Waals surface area contributed by atoms with E-state index in [1.807, 2.05) is 19.9 Å². The molecule has 0 atom stereocenters. The molecule has 2 heterocycles. The molecular weight excluding hydrogens is 316 g/mol. The van der Waals surface area contributed by atoms with Gasteiger partial charge in [0.05, 0.1) is 0 Å². The molecule has 0 aliphatic heterocycles. The minimum absolute atomic E-state index is 0.0752. The van der Waals surface area contributed by atoms with Crippen molar-refractivity contribution in [2.45, 2.75) is 20.3 Å². The fourth-order valence-electron chi connectivity index (χ4n) is 1.78. The predicted molar refractivity (Wildman–Crippen MR) is 91.2 cm³/mol. The van der Waals surface area contributed by atoms with Crippen molar-refractivity contribution >= 4 is 23.7 Å². The van der Waals surface area contributed by atoms with Crippen molar-refractivity contribution in [3.8, 4) is 10.4 Å². The number of carbonyl (C=O) groups is 2. The quantitative estimate of drug-likeness (QED) is 0.839. The van der Waals surface area contributed by atoms with Crippen molar-refractivity contribution in [3.05, 3.63) is 44.7 Å². The molecule has 0 aliphatic rings. The Labute approximate surface area is 138 Å². The van der Waals surface area contributed by atoms with E-state index >= 15 is 0 Å². The molecule has 0 saturated carbocycles. The number of aromatic nitrogens is 1. The van der Waals surface area contributed by atoms with E-state index in [0.29, 0.717) is 16.9 Å². The van der Waals surface area contributed by atoms with Gasteiger partial charge in [-0.15, -0.1) is 11.3 Å². The molecule has 0 spiro atoms. The van der Waals surface area contributed by atoms with Crippen LogP contribution in [-0.2, 0) is 11.2 Å². The van der Waals surface area contributed by atoms with Crippen LogP contribution in [0.4, 0.5) is 0 Å². The fourth-order valence-corrected chi connectivity index (χ4v) is 2.70. The Kier molecular flexibility index (Phi) is 6.71. The lowest BCUT2D eigenvalue weighted by atomic mass is 10.1. The summed E-state index contributed by atoms with van der Waals surface area (Å²) in [4.78, 5) is 37.3. The third-order valence-electron chi connectivity index (χ3n) is 2.99. The Morgan fingerprint density at radius 1 is 1.39 bits per heavy atom. The maximum atomic E-state index is 11.6. The van der Waals surface area contributed by atoms with Crippen LogP contribution >= 0.6 is 11.3 Å². The fraction of sp³-hybridized carbons (Fsp3) is 0.312. The summed E-state index contributed by atoms with van der Waals surface area (Å²) in [6.45, 7) is 3.73. The number of aryl methyl sites for hydroxylation is 2. The summed E-state index contributed by atoms with van der Waals surface area (Å²) >= 11 is 1.21. The Balaban J connectivity index is 0.000000463. The van der Waals surface area contributed by atoms with Crippen LogP contribution < -0.4 is 5.56 Å². The average Bonchev–Trinajstić information content (AvgIpc) is 2.98. The number of carboxylic acid groups (broad SMARTS) is 1. The van der Waals surface area contributed by atoms with Gasteiger partial charge in [-0.3, -0.25) is 9.59 Å². The minimum Gasteiger partial charge on any atom is -0.477 e. The van der Waals surface area contributed by atoms with Crippen LogP contribution in [0.1, 0.15) is 27.9 Å². The summed E-state index contributed by atoms with van der Waals surface area (Å²) in [7, 11) is 3.38. The van der Waals surface area contributed by atoms with Crippen molar-refractivity contribution in [1.29, 1.82) is 0 Å². The van der Waals surface area contributed by atoms with E-state index in [-0.39, 0.29) is 5.56 Å². The summed E-state index contributed by atoms with van der Waals surface area (Å²) < 4.78 is 0. The van der Waals surface area contributed by atoms with Gasteiger partial charge in [0, 0.05) is 35.8 Å². The number of H-pyrrole nitrogens is 1. The highest BCUT2D eigenvalue weighted by molar-refractivity contribution is 7.17. The first-order valence-corrected chi connectivity index (χ1v) is 7.79. The topological polar surface area (TPSA) is 90.5 Å². The third-order valence-corrected chi connectivity index (χ3v) is 4.10.